The fourth-order valence-electron chi connectivity index (χ4n) is 1.35. The Balaban J connectivity index is 3.56. The van der Waals surface area contributed by atoms with Crippen LogP contribution in [0.5, 0.6) is 5.75 Å². The van der Waals surface area contributed by atoms with Gasteiger partial charge in [0.05, 0.1) is 11.6 Å². The minimum atomic E-state index is 0.838. The molecule has 0 amide bonds. The normalized spacial score (nSPS) is 10.2. The van der Waals surface area contributed by atoms with Gasteiger partial charge in [0.25, 0.3) is 0 Å². The molecule has 2 N–H and O–H groups in total. The van der Waals surface area contributed by atoms with Crippen molar-refractivity contribution < 1.29 is 4.74 Å². The molecule has 13 heavy (non-hydrogen) atoms. The van der Waals surface area contributed by atoms with E-state index in [4.69, 9.17) is 10.5 Å². The molecule has 0 radical (unpaired) electrons. The fraction of sp³-hybridized carbons (Fsp3) is 0.400. The quantitative estimate of drug-likeness (QED) is 0.771. The predicted molar refractivity (Wildman–Crippen MR) is 59.3 cm³/mol. The van der Waals surface area contributed by atoms with Gasteiger partial charge in [0.15, 0.2) is 0 Å². The zero-order valence-electron chi connectivity index (χ0n) is 8.36. The van der Waals surface area contributed by atoms with Crippen LogP contribution in [-0.2, 0) is 0 Å². The first-order valence-corrected chi connectivity index (χ1v) is 4.88. The predicted octanol–water partition coefficient (Wildman–Crippen LogP) is 2.97. The van der Waals surface area contributed by atoms with E-state index in [-0.39, 0.29) is 0 Å². The van der Waals surface area contributed by atoms with Gasteiger partial charge in [0, 0.05) is 5.69 Å². The highest BCUT2D eigenvalue weighted by Gasteiger charge is 2.13. The van der Waals surface area contributed by atoms with Crippen molar-refractivity contribution in [2.45, 2.75) is 20.8 Å². The first-order valence-electron chi connectivity index (χ1n) is 4.09. The summed E-state index contributed by atoms with van der Waals surface area (Å²) in [4.78, 5) is 0. The molecule has 0 aliphatic carbocycles. The molecule has 0 saturated heterocycles. The van der Waals surface area contributed by atoms with Crippen LogP contribution < -0.4 is 10.5 Å². The van der Waals surface area contributed by atoms with Crippen molar-refractivity contribution >= 4 is 21.6 Å². The van der Waals surface area contributed by atoms with Crippen LogP contribution in [-0.4, -0.2) is 7.11 Å². The van der Waals surface area contributed by atoms with Gasteiger partial charge in [-0.1, -0.05) is 0 Å². The lowest BCUT2D eigenvalue weighted by Crippen LogP contribution is -2.00. The maximum atomic E-state index is 5.92. The van der Waals surface area contributed by atoms with E-state index in [0.717, 1.165) is 32.6 Å². The Morgan fingerprint density at radius 3 is 2.08 bits per heavy atom. The molecule has 0 atom stereocenters. The summed E-state index contributed by atoms with van der Waals surface area (Å²) < 4.78 is 6.24. The van der Waals surface area contributed by atoms with Gasteiger partial charge in [0.2, 0.25) is 0 Å². The van der Waals surface area contributed by atoms with Gasteiger partial charge in [-0.15, -0.1) is 0 Å². The van der Waals surface area contributed by atoms with Gasteiger partial charge >= 0.3 is 0 Å². The highest BCUT2D eigenvalue weighted by atomic mass is 79.9. The smallest absolute Gasteiger partial charge is 0.136 e. The number of hydrogen-bond acceptors (Lipinski definition) is 2. The molecule has 0 spiro atoms. The van der Waals surface area contributed by atoms with Crippen LogP contribution in [0, 0.1) is 20.8 Å². The van der Waals surface area contributed by atoms with Gasteiger partial charge in [-0.2, -0.15) is 0 Å². The minimum Gasteiger partial charge on any atom is -0.495 e. The van der Waals surface area contributed by atoms with Crippen molar-refractivity contribution in [3.05, 3.63) is 21.2 Å². The molecule has 1 rings (SSSR count). The van der Waals surface area contributed by atoms with E-state index < -0.39 is 0 Å². The molecule has 1 aromatic rings. The van der Waals surface area contributed by atoms with Crippen LogP contribution in [0.25, 0.3) is 0 Å². The topological polar surface area (TPSA) is 35.2 Å². The minimum absolute atomic E-state index is 0.838. The third kappa shape index (κ3) is 1.53. The maximum absolute atomic E-state index is 5.92. The molecule has 0 fully saturated rings. The second-order valence-electron chi connectivity index (χ2n) is 3.14. The van der Waals surface area contributed by atoms with E-state index in [1.54, 1.807) is 7.11 Å². The van der Waals surface area contributed by atoms with Crippen LogP contribution in [0.15, 0.2) is 4.47 Å². The second kappa shape index (κ2) is 3.58. The number of nitrogens with two attached hydrogens (primary N) is 1. The second-order valence-corrected chi connectivity index (χ2v) is 3.93. The highest BCUT2D eigenvalue weighted by molar-refractivity contribution is 9.10. The summed E-state index contributed by atoms with van der Waals surface area (Å²) in [6.45, 7) is 6.00. The SMILES string of the molecule is COc1c(C)c(C)c(N)c(C)c1Br. The first kappa shape index (κ1) is 10.4. The largest absolute Gasteiger partial charge is 0.495 e. The molecule has 0 aliphatic rings. The van der Waals surface area contributed by atoms with Gasteiger partial charge in [0.1, 0.15) is 5.75 Å². The van der Waals surface area contributed by atoms with E-state index in [1.165, 1.54) is 0 Å². The van der Waals surface area contributed by atoms with E-state index in [9.17, 15) is 0 Å². The Bertz CT molecular complexity index is 318. The van der Waals surface area contributed by atoms with Crippen molar-refractivity contribution in [1.29, 1.82) is 0 Å². The fourth-order valence-corrected chi connectivity index (χ4v) is 2.02. The number of methoxy groups -OCH3 is 1. The standard InChI is InChI=1S/C10H14BrNO/c1-5-6(2)10(13-4)8(11)7(3)9(5)12/h12H2,1-4H3. The van der Waals surface area contributed by atoms with Crippen molar-refractivity contribution in [2.75, 3.05) is 12.8 Å². The number of anilines is 1. The van der Waals surface area contributed by atoms with Crippen LogP contribution in [0.2, 0.25) is 0 Å². The molecule has 0 saturated carbocycles. The first-order chi connectivity index (χ1) is 6.00. The molecule has 3 heteroatoms. The van der Waals surface area contributed by atoms with Crippen molar-refractivity contribution in [2.24, 2.45) is 0 Å². The summed E-state index contributed by atoms with van der Waals surface area (Å²) >= 11 is 3.47. The number of benzene rings is 1. The third-order valence-electron chi connectivity index (χ3n) is 2.44. The molecule has 72 valence electrons. The summed E-state index contributed by atoms with van der Waals surface area (Å²) in [5.74, 6) is 0.879. The van der Waals surface area contributed by atoms with Crippen molar-refractivity contribution in [3.8, 4) is 5.75 Å². The Morgan fingerprint density at radius 1 is 1.08 bits per heavy atom. The molecule has 2 nitrogen and oxygen atoms in total. The molecule has 0 bridgehead atoms. The number of ether oxygens (including phenoxy) is 1. The Kier molecular flexibility index (Phi) is 2.86. The zero-order valence-corrected chi connectivity index (χ0v) is 9.95. The van der Waals surface area contributed by atoms with E-state index in [0.29, 0.717) is 0 Å². The molecular formula is C10H14BrNO. The summed E-state index contributed by atoms with van der Waals surface area (Å²) in [6.07, 6.45) is 0. The third-order valence-corrected chi connectivity index (χ3v) is 3.40. The monoisotopic (exact) mass is 243 g/mol. The summed E-state index contributed by atoms with van der Waals surface area (Å²) in [6, 6.07) is 0. The molecule has 0 aliphatic heterocycles. The van der Waals surface area contributed by atoms with E-state index in [2.05, 4.69) is 15.9 Å². The molecule has 0 heterocycles. The molecular weight excluding hydrogens is 230 g/mol. The number of hydrogen-bond donors (Lipinski definition) is 1. The Morgan fingerprint density at radius 2 is 1.62 bits per heavy atom. The lowest BCUT2D eigenvalue weighted by atomic mass is 10.0. The van der Waals surface area contributed by atoms with Crippen LogP contribution in [0.4, 0.5) is 5.69 Å². The number of nitrogen functional groups attached to an aromatic ring is 1. The summed E-state index contributed by atoms with van der Waals surface area (Å²) in [5.41, 5.74) is 9.99. The number of halogens is 1. The molecule has 0 unspecified atom stereocenters. The molecule has 1 aromatic carbocycles. The van der Waals surface area contributed by atoms with Crippen LogP contribution in [0.1, 0.15) is 16.7 Å². The lowest BCUT2D eigenvalue weighted by Gasteiger charge is -2.15. The van der Waals surface area contributed by atoms with E-state index in [1.807, 2.05) is 20.8 Å². The van der Waals surface area contributed by atoms with Crippen LogP contribution >= 0.6 is 15.9 Å². The zero-order chi connectivity index (χ0) is 10.2. The Labute approximate surface area is 87.2 Å². The number of rotatable bonds is 1. The van der Waals surface area contributed by atoms with Gasteiger partial charge in [-0.3, -0.25) is 0 Å². The van der Waals surface area contributed by atoms with Crippen molar-refractivity contribution in [1.82, 2.24) is 0 Å². The van der Waals surface area contributed by atoms with Gasteiger partial charge in [-0.25, -0.2) is 0 Å². The van der Waals surface area contributed by atoms with Crippen LogP contribution in [0.3, 0.4) is 0 Å². The Hall–Kier alpha value is -0.700. The maximum Gasteiger partial charge on any atom is 0.136 e. The summed E-state index contributed by atoms with van der Waals surface area (Å²) in [7, 11) is 1.67. The van der Waals surface area contributed by atoms with Gasteiger partial charge in [-0.05, 0) is 53.4 Å². The van der Waals surface area contributed by atoms with Crippen molar-refractivity contribution in [3.63, 3.8) is 0 Å². The molecule has 0 aromatic heterocycles. The average molecular weight is 244 g/mol. The highest BCUT2D eigenvalue weighted by Crippen LogP contribution is 2.37. The van der Waals surface area contributed by atoms with E-state index >= 15 is 0 Å². The summed E-state index contributed by atoms with van der Waals surface area (Å²) in [5, 5.41) is 0. The van der Waals surface area contributed by atoms with Gasteiger partial charge < -0.3 is 10.5 Å². The lowest BCUT2D eigenvalue weighted by molar-refractivity contribution is 0.408. The average Bonchev–Trinajstić information content (AvgIpc) is 2.13.